The first-order chi connectivity index (χ1) is 14.6. The molecule has 30 heavy (non-hydrogen) atoms. The van der Waals surface area contributed by atoms with Crippen molar-refractivity contribution < 1.29 is 9.59 Å². The lowest BCUT2D eigenvalue weighted by atomic mass is 9.90. The Morgan fingerprint density at radius 1 is 1.23 bits per heavy atom. The van der Waals surface area contributed by atoms with Crippen molar-refractivity contribution in [2.24, 2.45) is 11.8 Å². The Hall–Kier alpha value is -2.15. The highest BCUT2D eigenvalue weighted by Crippen LogP contribution is 2.40. The second-order valence-corrected chi connectivity index (χ2v) is 10.1. The number of aryl methyl sites for hydroxylation is 1. The Kier molecular flexibility index (Phi) is 5.39. The Labute approximate surface area is 181 Å². The summed E-state index contributed by atoms with van der Waals surface area (Å²) in [5.74, 6) is 2.10. The van der Waals surface area contributed by atoms with E-state index in [0.717, 1.165) is 61.6 Å². The number of ketones is 1. The molecule has 6 nitrogen and oxygen atoms in total. The number of fused-ring (bicyclic) bond motifs is 1. The fraction of sp³-hybridized carbons (Fsp3) is 0.609. The average Bonchev–Trinajstić information content (AvgIpc) is 3.66. The molecule has 5 rings (SSSR count). The molecule has 0 unspecified atom stereocenters. The van der Waals surface area contributed by atoms with Crippen molar-refractivity contribution in [2.45, 2.75) is 64.3 Å². The number of anilines is 1. The second kappa shape index (κ2) is 8.17. The van der Waals surface area contributed by atoms with Gasteiger partial charge in [0.05, 0.1) is 5.56 Å². The number of hydrogen-bond acceptors (Lipinski definition) is 5. The molecule has 0 saturated heterocycles. The normalized spacial score (nSPS) is 20.6. The number of aromatic nitrogens is 2. The van der Waals surface area contributed by atoms with Crippen molar-refractivity contribution in [3.05, 3.63) is 33.3 Å². The SMILES string of the molecule is CCNc1nccn1[C@H]1CCc2sc(CC(=O)C3CC3)c(C(=O)NCC3CC3)c2C1. The van der Waals surface area contributed by atoms with Crippen LogP contribution in [0.25, 0.3) is 0 Å². The lowest BCUT2D eigenvalue weighted by molar-refractivity contribution is -0.119. The Morgan fingerprint density at radius 2 is 2.07 bits per heavy atom. The molecule has 2 N–H and O–H groups in total. The van der Waals surface area contributed by atoms with Gasteiger partial charge in [-0.2, -0.15) is 0 Å². The summed E-state index contributed by atoms with van der Waals surface area (Å²) >= 11 is 1.71. The Bertz CT molecular complexity index is 955. The topological polar surface area (TPSA) is 76.0 Å². The van der Waals surface area contributed by atoms with Gasteiger partial charge in [-0.25, -0.2) is 4.98 Å². The van der Waals surface area contributed by atoms with Gasteiger partial charge in [-0.05, 0) is 63.4 Å². The fourth-order valence-corrected chi connectivity index (χ4v) is 5.86. The van der Waals surface area contributed by atoms with E-state index in [-0.39, 0.29) is 17.9 Å². The van der Waals surface area contributed by atoms with Crippen LogP contribution in [0, 0.1) is 11.8 Å². The van der Waals surface area contributed by atoms with E-state index in [1.807, 2.05) is 12.4 Å². The third kappa shape index (κ3) is 4.04. The summed E-state index contributed by atoms with van der Waals surface area (Å²) in [6.45, 7) is 3.66. The van der Waals surface area contributed by atoms with Crippen LogP contribution < -0.4 is 10.6 Å². The zero-order chi connectivity index (χ0) is 20.7. The van der Waals surface area contributed by atoms with Gasteiger partial charge in [-0.1, -0.05) is 0 Å². The summed E-state index contributed by atoms with van der Waals surface area (Å²) in [6, 6.07) is 0.283. The van der Waals surface area contributed by atoms with Gasteiger partial charge in [0.25, 0.3) is 5.91 Å². The van der Waals surface area contributed by atoms with Crippen molar-refractivity contribution in [3.8, 4) is 0 Å². The van der Waals surface area contributed by atoms with Crippen molar-refractivity contribution in [1.82, 2.24) is 14.9 Å². The third-order valence-corrected chi connectivity index (χ3v) is 7.84. The van der Waals surface area contributed by atoms with E-state index in [1.54, 1.807) is 11.3 Å². The summed E-state index contributed by atoms with van der Waals surface area (Å²) in [5.41, 5.74) is 1.97. The number of carbonyl (C=O) groups excluding carboxylic acids is 2. The number of hydrogen-bond donors (Lipinski definition) is 2. The summed E-state index contributed by atoms with van der Waals surface area (Å²) in [6.07, 6.45) is 11.6. The summed E-state index contributed by atoms with van der Waals surface area (Å²) < 4.78 is 2.21. The van der Waals surface area contributed by atoms with Crippen LogP contribution in [0.3, 0.4) is 0 Å². The minimum Gasteiger partial charge on any atom is -0.356 e. The largest absolute Gasteiger partial charge is 0.356 e. The molecule has 1 atom stereocenters. The predicted molar refractivity (Wildman–Crippen MR) is 118 cm³/mol. The quantitative estimate of drug-likeness (QED) is 0.640. The molecule has 3 aliphatic rings. The van der Waals surface area contributed by atoms with E-state index in [4.69, 9.17) is 0 Å². The molecule has 2 fully saturated rings. The molecule has 0 spiro atoms. The highest BCUT2D eigenvalue weighted by atomic mass is 32.1. The Morgan fingerprint density at radius 3 is 2.80 bits per heavy atom. The molecule has 0 aliphatic heterocycles. The first-order valence-corrected chi connectivity index (χ1v) is 12.2. The van der Waals surface area contributed by atoms with E-state index < -0.39 is 0 Å². The summed E-state index contributed by atoms with van der Waals surface area (Å²) in [7, 11) is 0. The highest BCUT2D eigenvalue weighted by Gasteiger charge is 2.34. The van der Waals surface area contributed by atoms with Gasteiger partial charge in [0.2, 0.25) is 5.95 Å². The number of carbonyl (C=O) groups is 2. The fourth-order valence-electron chi connectivity index (χ4n) is 4.51. The number of amides is 1. The third-order valence-electron chi connectivity index (χ3n) is 6.55. The number of Topliss-reactive ketones (excluding diaryl/α,β-unsaturated/α-hetero) is 1. The lowest BCUT2D eigenvalue weighted by Gasteiger charge is -2.26. The van der Waals surface area contributed by atoms with Gasteiger partial charge in [0.1, 0.15) is 5.78 Å². The number of rotatable bonds is 9. The molecule has 0 bridgehead atoms. The lowest BCUT2D eigenvalue weighted by Crippen LogP contribution is -2.28. The van der Waals surface area contributed by atoms with Crippen LogP contribution in [0.1, 0.15) is 70.7 Å². The van der Waals surface area contributed by atoms with Gasteiger partial charge >= 0.3 is 0 Å². The maximum absolute atomic E-state index is 13.2. The number of nitrogens with zero attached hydrogens (tertiary/aromatic N) is 2. The van der Waals surface area contributed by atoms with Gasteiger partial charge in [0.15, 0.2) is 0 Å². The van der Waals surface area contributed by atoms with Crippen LogP contribution >= 0.6 is 11.3 Å². The van der Waals surface area contributed by atoms with Crippen molar-refractivity contribution >= 4 is 29.0 Å². The molecule has 0 aromatic carbocycles. The standard InChI is InChI=1S/C23H30N4O2S/c1-2-24-23-25-9-10-27(23)16-7-8-19-17(11-16)21(22(29)26-13-14-3-4-14)20(30-19)12-18(28)15-5-6-15/h9-10,14-16H,2-8,11-13H2,1H3,(H,24,25)(H,26,29)/t16-/m0/s1. The highest BCUT2D eigenvalue weighted by molar-refractivity contribution is 7.12. The molecule has 2 heterocycles. The van der Waals surface area contributed by atoms with Crippen LogP contribution in [-0.2, 0) is 24.1 Å². The van der Waals surface area contributed by atoms with Crippen molar-refractivity contribution in [3.63, 3.8) is 0 Å². The molecule has 2 saturated carbocycles. The van der Waals surface area contributed by atoms with Crippen LogP contribution in [0.4, 0.5) is 5.95 Å². The summed E-state index contributed by atoms with van der Waals surface area (Å²) in [5, 5.41) is 6.50. The molecule has 1 amide bonds. The van der Waals surface area contributed by atoms with Gasteiger partial charge < -0.3 is 15.2 Å². The molecule has 160 valence electrons. The van der Waals surface area contributed by atoms with Crippen molar-refractivity contribution in [1.29, 1.82) is 0 Å². The van der Waals surface area contributed by atoms with Crippen LogP contribution in [0.5, 0.6) is 0 Å². The second-order valence-electron chi connectivity index (χ2n) is 8.96. The van der Waals surface area contributed by atoms with Crippen LogP contribution in [0.2, 0.25) is 0 Å². The number of imidazole rings is 1. The molecule has 2 aromatic heterocycles. The zero-order valence-corrected chi connectivity index (χ0v) is 18.4. The predicted octanol–water partition coefficient (Wildman–Crippen LogP) is 3.77. The molecule has 7 heteroatoms. The first-order valence-electron chi connectivity index (χ1n) is 11.3. The smallest absolute Gasteiger partial charge is 0.252 e. The Balaban J connectivity index is 1.43. The molecular weight excluding hydrogens is 396 g/mol. The molecule has 2 aromatic rings. The maximum atomic E-state index is 13.2. The molecule has 0 radical (unpaired) electrons. The average molecular weight is 427 g/mol. The molecular formula is C23H30N4O2S. The van der Waals surface area contributed by atoms with Gasteiger partial charge in [-0.3, -0.25) is 9.59 Å². The van der Waals surface area contributed by atoms with Gasteiger partial charge in [-0.15, -0.1) is 11.3 Å². The van der Waals surface area contributed by atoms with E-state index in [1.165, 1.54) is 23.3 Å². The van der Waals surface area contributed by atoms with E-state index >= 15 is 0 Å². The van der Waals surface area contributed by atoms with Gasteiger partial charge in [0, 0.05) is 53.6 Å². The number of nitrogens with one attached hydrogen (secondary N) is 2. The van der Waals surface area contributed by atoms with E-state index in [0.29, 0.717) is 18.1 Å². The van der Waals surface area contributed by atoms with Crippen molar-refractivity contribution in [2.75, 3.05) is 18.4 Å². The minimum absolute atomic E-state index is 0.0242. The van der Waals surface area contributed by atoms with E-state index in [2.05, 4.69) is 27.1 Å². The molecule has 3 aliphatic carbocycles. The zero-order valence-electron chi connectivity index (χ0n) is 17.6. The summed E-state index contributed by atoms with van der Waals surface area (Å²) in [4.78, 5) is 32.5. The number of thiophene rings is 1. The van der Waals surface area contributed by atoms with E-state index in [9.17, 15) is 9.59 Å². The maximum Gasteiger partial charge on any atom is 0.252 e. The van der Waals surface area contributed by atoms with Crippen LogP contribution in [0.15, 0.2) is 12.4 Å². The monoisotopic (exact) mass is 426 g/mol. The van der Waals surface area contributed by atoms with Crippen LogP contribution in [-0.4, -0.2) is 34.3 Å². The minimum atomic E-state index is 0.0242. The first kappa shape index (κ1) is 19.8.